The highest BCUT2D eigenvalue weighted by Gasteiger charge is 2.23. The summed E-state index contributed by atoms with van der Waals surface area (Å²) in [6.45, 7) is 1.49. The molecule has 0 bridgehead atoms. The highest BCUT2D eigenvalue weighted by Crippen LogP contribution is 2.18. The summed E-state index contributed by atoms with van der Waals surface area (Å²) in [6, 6.07) is 7.40. The topological polar surface area (TPSA) is 85.7 Å². The van der Waals surface area contributed by atoms with E-state index < -0.39 is 0 Å². The molecule has 0 radical (unpaired) electrons. The van der Waals surface area contributed by atoms with Crippen LogP contribution in [0.4, 0.5) is 5.69 Å². The van der Waals surface area contributed by atoms with Crippen LogP contribution in [0.1, 0.15) is 18.4 Å². The number of aromatic nitrogens is 2. The molecule has 28 heavy (non-hydrogen) atoms. The number of nitrogens with one attached hydrogen (secondary N) is 1. The van der Waals surface area contributed by atoms with Crippen LogP contribution >= 0.6 is 0 Å². The Kier molecular flexibility index (Phi) is 6.65. The minimum absolute atomic E-state index is 0.00301. The average Bonchev–Trinajstić information content (AvgIpc) is 3.14. The third-order valence-electron chi connectivity index (χ3n) is 4.82. The van der Waals surface area contributed by atoms with Crippen molar-refractivity contribution in [3.05, 3.63) is 42.2 Å². The Balaban J connectivity index is 1.53. The number of rotatable bonds is 7. The van der Waals surface area contributed by atoms with Gasteiger partial charge in [-0.3, -0.25) is 14.3 Å². The number of anilines is 1. The van der Waals surface area contributed by atoms with E-state index in [0.717, 1.165) is 24.9 Å². The van der Waals surface area contributed by atoms with Crippen molar-refractivity contribution in [2.75, 3.05) is 32.6 Å². The van der Waals surface area contributed by atoms with Gasteiger partial charge in [-0.15, -0.1) is 0 Å². The second-order valence-electron chi connectivity index (χ2n) is 6.80. The molecule has 1 fully saturated rings. The van der Waals surface area contributed by atoms with Gasteiger partial charge in [-0.05, 0) is 18.9 Å². The first-order chi connectivity index (χ1) is 13.6. The molecule has 2 amide bonds. The molecule has 1 atom stereocenters. The van der Waals surface area contributed by atoms with Gasteiger partial charge in [-0.25, -0.2) is 0 Å². The van der Waals surface area contributed by atoms with E-state index in [0.29, 0.717) is 18.0 Å². The zero-order chi connectivity index (χ0) is 19.9. The van der Waals surface area contributed by atoms with Gasteiger partial charge in [0.15, 0.2) is 0 Å². The Morgan fingerprint density at radius 3 is 2.89 bits per heavy atom. The van der Waals surface area contributed by atoms with Crippen LogP contribution in [0.3, 0.4) is 0 Å². The van der Waals surface area contributed by atoms with Gasteiger partial charge in [0, 0.05) is 32.0 Å². The molecule has 1 unspecified atom stereocenters. The fourth-order valence-electron chi connectivity index (χ4n) is 3.34. The molecule has 3 rings (SSSR count). The van der Waals surface area contributed by atoms with Gasteiger partial charge in [0.05, 0.1) is 31.5 Å². The van der Waals surface area contributed by atoms with Crippen LogP contribution in [0.2, 0.25) is 0 Å². The van der Waals surface area contributed by atoms with E-state index in [9.17, 15) is 9.59 Å². The van der Waals surface area contributed by atoms with Crippen molar-refractivity contribution in [2.24, 2.45) is 0 Å². The molecule has 0 spiro atoms. The molecule has 1 aliphatic rings. The number of nitrogens with zero attached hydrogens (tertiary/aromatic N) is 3. The predicted octanol–water partition coefficient (Wildman–Crippen LogP) is 1.71. The van der Waals surface area contributed by atoms with Gasteiger partial charge in [0.1, 0.15) is 12.3 Å². The normalized spacial score (nSPS) is 16.6. The summed E-state index contributed by atoms with van der Waals surface area (Å²) in [5.41, 5.74) is 1.36. The maximum absolute atomic E-state index is 12.5. The first-order valence-corrected chi connectivity index (χ1v) is 9.34. The van der Waals surface area contributed by atoms with Crippen LogP contribution in [-0.2, 0) is 27.3 Å². The van der Waals surface area contributed by atoms with Gasteiger partial charge < -0.3 is 19.7 Å². The molecule has 0 saturated carbocycles. The second-order valence-corrected chi connectivity index (χ2v) is 6.80. The summed E-state index contributed by atoms with van der Waals surface area (Å²) in [7, 11) is 3.25. The van der Waals surface area contributed by atoms with Gasteiger partial charge in [0.25, 0.3) is 0 Å². The summed E-state index contributed by atoms with van der Waals surface area (Å²) in [5, 5.41) is 6.99. The summed E-state index contributed by atoms with van der Waals surface area (Å²) in [6.07, 6.45) is 5.41. The third kappa shape index (κ3) is 5.10. The number of benzene rings is 1. The molecular weight excluding hydrogens is 360 g/mol. The number of amides is 2. The molecule has 2 heterocycles. The lowest BCUT2D eigenvalue weighted by atomic mass is 10.1. The number of carbonyl (C=O) groups excluding carboxylic acids is 2. The number of hydrogen-bond acceptors (Lipinski definition) is 5. The van der Waals surface area contributed by atoms with E-state index in [4.69, 9.17) is 9.47 Å². The largest absolute Gasteiger partial charge is 0.496 e. The maximum Gasteiger partial charge on any atom is 0.244 e. The van der Waals surface area contributed by atoms with Crippen LogP contribution in [0, 0.1) is 0 Å². The molecule has 8 nitrogen and oxygen atoms in total. The Labute approximate surface area is 164 Å². The fourth-order valence-corrected chi connectivity index (χ4v) is 3.34. The molecule has 0 aliphatic carbocycles. The molecule has 8 heteroatoms. The fraction of sp³-hybridized carbons (Fsp3) is 0.450. The lowest BCUT2D eigenvalue weighted by Crippen LogP contribution is -2.44. The zero-order valence-corrected chi connectivity index (χ0v) is 16.3. The zero-order valence-electron chi connectivity index (χ0n) is 16.3. The van der Waals surface area contributed by atoms with Crippen LogP contribution < -0.4 is 10.1 Å². The monoisotopic (exact) mass is 386 g/mol. The van der Waals surface area contributed by atoms with E-state index in [-0.39, 0.29) is 30.9 Å². The lowest BCUT2D eigenvalue weighted by molar-refractivity contribution is -0.135. The Morgan fingerprint density at radius 1 is 1.29 bits per heavy atom. The van der Waals surface area contributed by atoms with Gasteiger partial charge in [0.2, 0.25) is 11.8 Å². The Bertz CT molecular complexity index is 820. The molecule has 1 aliphatic heterocycles. The van der Waals surface area contributed by atoms with Crippen molar-refractivity contribution in [1.29, 1.82) is 0 Å². The van der Waals surface area contributed by atoms with Crippen LogP contribution in [0.5, 0.6) is 5.75 Å². The highest BCUT2D eigenvalue weighted by atomic mass is 16.5. The number of piperidine rings is 1. The number of ether oxygens (including phenoxy) is 2. The molecule has 1 N–H and O–H groups in total. The van der Waals surface area contributed by atoms with Crippen molar-refractivity contribution in [3.8, 4) is 5.75 Å². The van der Waals surface area contributed by atoms with E-state index in [1.165, 1.54) is 4.68 Å². The third-order valence-corrected chi connectivity index (χ3v) is 4.82. The van der Waals surface area contributed by atoms with E-state index in [1.54, 1.807) is 31.5 Å². The van der Waals surface area contributed by atoms with Crippen molar-refractivity contribution in [1.82, 2.24) is 14.7 Å². The quantitative estimate of drug-likeness (QED) is 0.783. The van der Waals surface area contributed by atoms with Crippen LogP contribution in [-0.4, -0.2) is 59.9 Å². The van der Waals surface area contributed by atoms with Crippen molar-refractivity contribution >= 4 is 17.5 Å². The lowest BCUT2D eigenvalue weighted by Gasteiger charge is -2.31. The first kappa shape index (κ1) is 19.9. The van der Waals surface area contributed by atoms with Crippen LogP contribution in [0.15, 0.2) is 36.7 Å². The van der Waals surface area contributed by atoms with E-state index in [1.807, 2.05) is 24.3 Å². The van der Waals surface area contributed by atoms with Gasteiger partial charge in [-0.1, -0.05) is 18.2 Å². The Morgan fingerprint density at radius 2 is 2.11 bits per heavy atom. The maximum atomic E-state index is 12.5. The SMILES string of the molecule is COc1ccccc1CC(=O)Nc1cnn(CC(=O)N2CCCC(OC)C2)c1. The first-order valence-electron chi connectivity index (χ1n) is 9.34. The number of hydrogen-bond donors (Lipinski definition) is 1. The van der Waals surface area contributed by atoms with Gasteiger partial charge in [-0.2, -0.15) is 5.10 Å². The van der Waals surface area contributed by atoms with E-state index >= 15 is 0 Å². The Hall–Kier alpha value is -2.87. The van der Waals surface area contributed by atoms with Gasteiger partial charge >= 0.3 is 0 Å². The molecule has 150 valence electrons. The summed E-state index contributed by atoms with van der Waals surface area (Å²) in [4.78, 5) is 26.6. The summed E-state index contributed by atoms with van der Waals surface area (Å²) in [5.74, 6) is 0.501. The van der Waals surface area contributed by atoms with Crippen molar-refractivity contribution in [2.45, 2.75) is 31.9 Å². The predicted molar refractivity (Wildman–Crippen MR) is 104 cm³/mol. The molecular formula is C20H26N4O4. The smallest absolute Gasteiger partial charge is 0.244 e. The molecule has 1 aromatic carbocycles. The number of para-hydroxylation sites is 1. The molecule has 1 saturated heterocycles. The molecule has 2 aromatic rings. The van der Waals surface area contributed by atoms with Crippen molar-refractivity contribution in [3.63, 3.8) is 0 Å². The molecule has 1 aromatic heterocycles. The highest BCUT2D eigenvalue weighted by molar-refractivity contribution is 5.92. The van der Waals surface area contributed by atoms with Crippen LogP contribution in [0.25, 0.3) is 0 Å². The van der Waals surface area contributed by atoms with E-state index in [2.05, 4.69) is 10.4 Å². The summed E-state index contributed by atoms with van der Waals surface area (Å²) < 4.78 is 12.2. The van der Waals surface area contributed by atoms with Crippen molar-refractivity contribution < 1.29 is 19.1 Å². The standard InChI is InChI=1S/C20H26N4O4/c1-27-17-7-5-9-23(13-17)20(26)14-24-12-16(11-21-24)22-19(25)10-15-6-3-4-8-18(15)28-2/h3-4,6,8,11-12,17H,5,7,9-10,13-14H2,1-2H3,(H,22,25). The number of carbonyl (C=O) groups is 2. The minimum atomic E-state index is -0.172. The number of likely N-dealkylation sites (tertiary alicyclic amines) is 1. The number of methoxy groups -OCH3 is 2. The second kappa shape index (κ2) is 9.36. The summed E-state index contributed by atoms with van der Waals surface area (Å²) >= 11 is 0. The average molecular weight is 386 g/mol. The minimum Gasteiger partial charge on any atom is -0.496 e.